The Bertz CT molecular complexity index is 1390. The van der Waals surface area contributed by atoms with Crippen LogP contribution in [0.3, 0.4) is 0 Å². The maximum Gasteiger partial charge on any atom is 0.255 e. The number of nitrogens with two attached hydrogens (primary N) is 1. The summed E-state index contributed by atoms with van der Waals surface area (Å²) in [4.78, 5) is 16.6. The van der Waals surface area contributed by atoms with Gasteiger partial charge in [-0.1, -0.05) is 46.4 Å². The van der Waals surface area contributed by atoms with E-state index in [1.807, 2.05) is 27.7 Å². The molecule has 42 heavy (non-hydrogen) atoms. The molecular weight excluding hydrogens is 567 g/mol. The predicted molar refractivity (Wildman–Crippen MR) is 163 cm³/mol. The van der Waals surface area contributed by atoms with Crippen LogP contribution < -0.4 is 11.1 Å². The van der Waals surface area contributed by atoms with Crippen molar-refractivity contribution < 1.29 is 31.1 Å². The Morgan fingerprint density at radius 3 is 2.38 bits per heavy atom. The fourth-order valence-corrected chi connectivity index (χ4v) is 5.36. The van der Waals surface area contributed by atoms with Gasteiger partial charge in [-0.3, -0.25) is 9.79 Å². The van der Waals surface area contributed by atoms with Gasteiger partial charge >= 0.3 is 0 Å². The second-order valence-electron chi connectivity index (χ2n) is 9.09. The van der Waals surface area contributed by atoms with Crippen LogP contribution in [0.1, 0.15) is 50.5 Å². The predicted octanol–water partition coefficient (Wildman–Crippen LogP) is 6.60. The summed E-state index contributed by atoms with van der Waals surface area (Å²) in [5, 5.41) is 1.02. The fourth-order valence-electron chi connectivity index (χ4n) is 3.52. The third-order valence-electron chi connectivity index (χ3n) is 5.87. The van der Waals surface area contributed by atoms with Gasteiger partial charge in [0.05, 0.1) is 18.9 Å². The Balaban J connectivity index is 0.00000431. The molecule has 0 saturated heterocycles. The van der Waals surface area contributed by atoms with Crippen molar-refractivity contribution in [2.75, 3.05) is 25.6 Å². The summed E-state index contributed by atoms with van der Waals surface area (Å²) >= 11 is 0. The molecular formula is C31H40F3N3O4S. The van der Waals surface area contributed by atoms with E-state index in [2.05, 4.69) is 16.9 Å². The van der Waals surface area contributed by atoms with Gasteiger partial charge in [0.25, 0.3) is 5.91 Å². The molecule has 2 unspecified atom stereocenters. The summed E-state index contributed by atoms with van der Waals surface area (Å²) in [7, 11) is -2.79. The number of nitrogens with zero attached hydrogens (tertiary/aromatic N) is 1. The number of rotatable bonds is 14. The van der Waals surface area contributed by atoms with E-state index >= 15 is 0 Å². The molecule has 0 saturated carbocycles. The molecule has 2 rings (SSSR count). The number of sulfone groups is 1. The van der Waals surface area contributed by atoms with Crippen LogP contribution in [0.2, 0.25) is 0 Å². The van der Waals surface area contributed by atoms with Crippen LogP contribution in [-0.2, 0) is 25.1 Å². The molecule has 0 spiro atoms. The SMILES string of the molecule is C=C(/C=C\C(F)=C/C(C)CC)C(=O)Nc1ccc(F)c(CS(=O)(=O)C(C(N)=NCCOC)c2ccc(F)cc2)c1.CC. The lowest BCUT2D eigenvalue weighted by atomic mass is 10.1. The summed E-state index contributed by atoms with van der Waals surface area (Å²) in [6.07, 6.45) is 4.49. The van der Waals surface area contributed by atoms with Crippen molar-refractivity contribution in [3.8, 4) is 0 Å². The van der Waals surface area contributed by atoms with Crippen molar-refractivity contribution in [3.05, 3.63) is 101 Å². The first-order valence-electron chi connectivity index (χ1n) is 13.5. The largest absolute Gasteiger partial charge is 0.386 e. The zero-order chi connectivity index (χ0) is 31.9. The second kappa shape index (κ2) is 18.0. The highest BCUT2D eigenvalue weighted by Gasteiger charge is 2.32. The molecule has 0 heterocycles. The number of methoxy groups -OCH3 is 1. The number of allylic oxidation sites excluding steroid dienone is 3. The highest BCUT2D eigenvalue weighted by atomic mass is 32.2. The van der Waals surface area contributed by atoms with Gasteiger partial charge in [-0.2, -0.15) is 0 Å². The van der Waals surface area contributed by atoms with Gasteiger partial charge in [0.15, 0.2) is 9.84 Å². The summed E-state index contributed by atoms with van der Waals surface area (Å²) in [6, 6.07) is 8.14. The zero-order valence-electron chi connectivity index (χ0n) is 24.7. The number of hydrogen-bond acceptors (Lipinski definition) is 5. The average molecular weight is 608 g/mol. The highest BCUT2D eigenvalue weighted by molar-refractivity contribution is 7.91. The molecule has 2 aromatic rings. The van der Waals surface area contributed by atoms with Crippen LogP contribution in [0.25, 0.3) is 0 Å². The van der Waals surface area contributed by atoms with Gasteiger partial charge < -0.3 is 15.8 Å². The average Bonchev–Trinajstić information content (AvgIpc) is 2.95. The minimum absolute atomic E-state index is 0.0234. The molecule has 0 aliphatic rings. The first-order chi connectivity index (χ1) is 19.9. The Labute approximate surface area is 247 Å². The molecule has 0 aromatic heterocycles. The number of carbonyl (C=O) groups is 1. The van der Waals surface area contributed by atoms with Crippen molar-refractivity contribution in [2.24, 2.45) is 16.6 Å². The Morgan fingerprint density at radius 2 is 1.79 bits per heavy atom. The topological polar surface area (TPSA) is 111 Å². The molecule has 0 aliphatic carbocycles. The van der Waals surface area contributed by atoms with Crippen LogP contribution in [0.5, 0.6) is 0 Å². The monoisotopic (exact) mass is 607 g/mol. The van der Waals surface area contributed by atoms with E-state index in [1.165, 1.54) is 43.5 Å². The lowest BCUT2D eigenvalue weighted by molar-refractivity contribution is -0.112. The first-order valence-corrected chi connectivity index (χ1v) is 15.2. The number of hydrogen-bond donors (Lipinski definition) is 2. The van der Waals surface area contributed by atoms with Crippen molar-refractivity contribution in [1.82, 2.24) is 0 Å². The smallest absolute Gasteiger partial charge is 0.255 e. The van der Waals surface area contributed by atoms with Gasteiger partial charge in [-0.15, -0.1) is 0 Å². The normalized spacial score (nSPS) is 13.7. The van der Waals surface area contributed by atoms with Gasteiger partial charge in [0.1, 0.15) is 28.5 Å². The van der Waals surface area contributed by atoms with Crippen LogP contribution in [-0.4, -0.2) is 40.4 Å². The minimum Gasteiger partial charge on any atom is -0.386 e. The molecule has 2 atom stereocenters. The molecule has 0 radical (unpaired) electrons. The summed E-state index contributed by atoms with van der Waals surface area (Å²) in [6.45, 7) is 11.7. The number of benzene rings is 2. The molecule has 1 amide bonds. The van der Waals surface area contributed by atoms with Crippen molar-refractivity contribution in [2.45, 2.75) is 45.1 Å². The van der Waals surface area contributed by atoms with Crippen molar-refractivity contribution in [1.29, 1.82) is 0 Å². The lowest BCUT2D eigenvalue weighted by Crippen LogP contribution is -2.30. The Morgan fingerprint density at radius 1 is 1.14 bits per heavy atom. The van der Waals surface area contributed by atoms with Gasteiger partial charge in [-0.05, 0) is 66.5 Å². The molecule has 0 aliphatic heterocycles. The molecule has 0 bridgehead atoms. The standard InChI is InChI=1S/C29H34F3N3O4S.C2H6/c1-5-19(2)16-24(31)9-6-20(3)29(36)35-25-12-13-26(32)22(17-25)18-40(37,38)27(28(33)34-14-15-39-4)21-7-10-23(30)11-8-21;1-2/h6-13,16-17,19,27H,3,5,14-15,18H2,1-2,4H3,(H2,33,34)(H,35,36);1-2H3/b9-6-,24-16+;. The van der Waals surface area contributed by atoms with Crippen LogP contribution >= 0.6 is 0 Å². The lowest BCUT2D eigenvalue weighted by Gasteiger charge is -2.19. The van der Waals surface area contributed by atoms with Crippen molar-refractivity contribution >= 4 is 27.3 Å². The van der Waals surface area contributed by atoms with Gasteiger partial charge in [0, 0.05) is 23.9 Å². The number of ether oxygens (including phenoxy) is 1. The molecule has 11 heteroatoms. The van der Waals surface area contributed by atoms with Gasteiger partial charge in [-0.25, -0.2) is 21.6 Å². The maximum absolute atomic E-state index is 14.7. The summed E-state index contributed by atoms with van der Waals surface area (Å²) in [5.74, 6) is -3.63. The number of aliphatic imine (C=N–C) groups is 1. The third-order valence-corrected chi connectivity index (χ3v) is 7.82. The summed E-state index contributed by atoms with van der Waals surface area (Å²) < 4.78 is 74.1. The number of nitrogens with one attached hydrogen (secondary N) is 1. The quantitative estimate of drug-likeness (QED) is 0.0827. The van der Waals surface area contributed by atoms with Crippen LogP contribution in [0.4, 0.5) is 18.9 Å². The maximum atomic E-state index is 14.7. The van der Waals surface area contributed by atoms with E-state index in [0.717, 1.165) is 30.7 Å². The molecule has 0 fully saturated rings. The van der Waals surface area contributed by atoms with E-state index in [9.17, 15) is 26.4 Å². The molecule has 3 N–H and O–H groups in total. The van der Waals surface area contributed by atoms with E-state index in [-0.39, 0.29) is 47.3 Å². The van der Waals surface area contributed by atoms with E-state index in [4.69, 9.17) is 10.5 Å². The van der Waals surface area contributed by atoms with Crippen LogP contribution in [0, 0.1) is 17.6 Å². The number of carbonyl (C=O) groups excluding carboxylic acids is 1. The number of amidine groups is 1. The summed E-state index contributed by atoms with van der Waals surface area (Å²) in [5.41, 5.74) is 5.99. The number of anilines is 1. The second-order valence-corrected chi connectivity index (χ2v) is 11.2. The number of halogens is 3. The minimum atomic E-state index is -4.24. The van der Waals surface area contributed by atoms with Crippen LogP contribution in [0.15, 0.2) is 83.7 Å². The van der Waals surface area contributed by atoms with E-state index in [0.29, 0.717) is 0 Å². The fraction of sp³-hybridized carbons (Fsp3) is 0.355. The van der Waals surface area contributed by atoms with E-state index in [1.54, 1.807) is 0 Å². The number of amides is 1. The highest BCUT2D eigenvalue weighted by Crippen LogP contribution is 2.28. The molecule has 2 aromatic carbocycles. The van der Waals surface area contributed by atoms with E-state index < -0.39 is 44.2 Å². The van der Waals surface area contributed by atoms with Crippen molar-refractivity contribution in [3.63, 3.8) is 0 Å². The Hall–Kier alpha value is -3.70. The third kappa shape index (κ3) is 11.7. The molecule has 230 valence electrons. The molecule has 7 nitrogen and oxygen atoms in total. The first kappa shape index (κ1) is 36.3. The Kier molecular flexibility index (Phi) is 15.5. The van der Waals surface area contributed by atoms with Gasteiger partial charge in [0.2, 0.25) is 0 Å². The zero-order valence-corrected chi connectivity index (χ0v) is 25.5.